The van der Waals surface area contributed by atoms with Gasteiger partial charge in [0.15, 0.2) is 0 Å². The molecule has 0 aromatic heterocycles. The van der Waals surface area contributed by atoms with Gasteiger partial charge < -0.3 is 15.1 Å². The predicted molar refractivity (Wildman–Crippen MR) is 98.1 cm³/mol. The van der Waals surface area contributed by atoms with Crippen molar-refractivity contribution in [2.75, 3.05) is 12.3 Å². The van der Waals surface area contributed by atoms with Crippen molar-refractivity contribution in [2.45, 2.75) is 89.0 Å². The fourth-order valence-electron chi connectivity index (χ4n) is 3.03. The lowest BCUT2D eigenvalue weighted by Crippen LogP contribution is -2.34. The highest BCUT2D eigenvalue weighted by molar-refractivity contribution is 8.00. The van der Waals surface area contributed by atoms with E-state index in [1.165, 1.54) is 12.8 Å². The maximum atomic E-state index is 12.0. The van der Waals surface area contributed by atoms with E-state index >= 15 is 0 Å². The van der Waals surface area contributed by atoms with Crippen LogP contribution in [0.3, 0.4) is 0 Å². The normalized spacial score (nSPS) is 19.0. The number of hydrogen-bond acceptors (Lipinski definition) is 4. The molecule has 0 spiro atoms. The lowest BCUT2D eigenvalue weighted by molar-refractivity contribution is -0.137. The lowest BCUT2D eigenvalue weighted by atomic mass is 10.1. The summed E-state index contributed by atoms with van der Waals surface area (Å²) in [6, 6.07) is 0. The van der Waals surface area contributed by atoms with Gasteiger partial charge in [0, 0.05) is 13.0 Å². The minimum atomic E-state index is -0.737. The zero-order chi connectivity index (χ0) is 17.8. The molecule has 2 N–H and O–H groups in total. The monoisotopic (exact) mass is 359 g/mol. The summed E-state index contributed by atoms with van der Waals surface area (Å²) in [7, 11) is 0. The average Bonchev–Trinajstić information content (AvgIpc) is 2.89. The summed E-state index contributed by atoms with van der Waals surface area (Å²) in [4.78, 5) is 24.4. The molecule has 0 bridgehead atoms. The number of rotatable bonds is 14. The minimum absolute atomic E-state index is 0.205. The van der Waals surface area contributed by atoms with E-state index in [-0.39, 0.29) is 23.8 Å². The van der Waals surface area contributed by atoms with Gasteiger partial charge in [-0.3, -0.25) is 9.59 Å². The molecule has 0 aliphatic carbocycles. The molecule has 1 heterocycles. The summed E-state index contributed by atoms with van der Waals surface area (Å²) in [5.41, 5.74) is 0. The third-order valence-electron chi connectivity index (χ3n) is 4.49. The molecule has 0 radical (unpaired) electrons. The molecule has 1 amide bonds. The van der Waals surface area contributed by atoms with Gasteiger partial charge >= 0.3 is 5.97 Å². The Bertz CT molecular complexity index is 378. The molecule has 0 aromatic carbocycles. The molecule has 24 heavy (non-hydrogen) atoms. The number of aliphatic hydroxyl groups excluding tert-OH is 1. The topological polar surface area (TPSA) is 77.8 Å². The Morgan fingerprint density at radius 2 is 1.96 bits per heavy atom. The summed E-state index contributed by atoms with van der Waals surface area (Å²) in [5.74, 6) is 0.0185. The van der Waals surface area contributed by atoms with Crippen molar-refractivity contribution in [1.29, 1.82) is 0 Å². The molecule has 1 saturated heterocycles. The van der Waals surface area contributed by atoms with Gasteiger partial charge in [-0.25, -0.2) is 0 Å². The largest absolute Gasteiger partial charge is 0.481 e. The van der Waals surface area contributed by atoms with Crippen LogP contribution in [0.1, 0.15) is 77.6 Å². The van der Waals surface area contributed by atoms with Gasteiger partial charge in [0.1, 0.15) is 0 Å². The van der Waals surface area contributed by atoms with Crippen LogP contribution in [0.5, 0.6) is 0 Å². The second-order valence-electron chi connectivity index (χ2n) is 6.64. The Hall–Kier alpha value is -0.750. The average molecular weight is 360 g/mol. The summed E-state index contributed by atoms with van der Waals surface area (Å²) < 4.78 is 0. The minimum Gasteiger partial charge on any atom is -0.481 e. The van der Waals surface area contributed by atoms with Crippen molar-refractivity contribution in [3.8, 4) is 0 Å². The van der Waals surface area contributed by atoms with E-state index in [1.54, 1.807) is 11.8 Å². The number of carbonyl (C=O) groups is 2. The second-order valence-corrected chi connectivity index (χ2v) is 7.80. The zero-order valence-corrected chi connectivity index (χ0v) is 15.7. The third-order valence-corrected chi connectivity index (χ3v) is 5.78. The third kappa shape index (κ3) is 8.92. The van der Waals surface area contributed by atoms with Crippen molar-refractivity contribution in [2.24, 2.45) is 0 Å². The SMILES string of the molecule is CCCCC[C@@H](O)CC[C@H]1SCC(=O)N1CCCCCCC(=O)O. The number of carboxylic acid groups (broad SMARTS) is 1. The molecular weight excluding hydrogens is 326 g/mol. The van der Waals surface area contributed by atoms with Gasteiger partial charge in [-0.15, -0.1) is 11.8 Å². The maximum absolute atomic E-state index is 12.0. The first-order valence-electron chi connectivity index (χ1n) is 9.35. The van der Waals surface area contributed by atoms with Crippen LogP contribution >= 0.6 is 11.8 Å². The molecule has 0 saturated carbocycles. The van der Waals surface area contributed by atoms with Gasteiger partial charge in [-0.05, 0) is 32.1 Å². The van der Waals surface area contributed by atoms with Crippen LogP contribution in [0.15, 0.2) is 0 Å². The molecule has 5 nitrogen and oxygen atoms in total. The number of aliphatic carboxylic acids is 1. The van der Waals surface area contributed by atoms with E-state index in [9.17, 15) is 14.7 Å². The van der Waals surface area contributed by atoms with Gasteiger partial charge in [0.2, 0.25) is 5.91 Å². The van der Waals surface area contributed by atoms with Crippen molar-refractivity contribution < 1.29 is 19.8 Å². The first-order chi connectivity index (χ1) is 11.5. The fourth-order valence-corrected chi connectivity index (χ4v) is 4.24. The summed E-state index contributed by atoms with van der Waals surface area (Å²) >= 11 is 1.69. The number of unbranched alkanes of at least 4 members (excludes halogenated alkanes) is 5. The van der Waals surface area contributed by atoms with Crippen LogP contribution in [0.2, 0.25) is 0 Å². The molecule has 2 atom stereocenters. The van der Waals surface area contributed by atoms with Crippen LogP contribution in [0, 0.1) is 0 Å². The number of aliphatic hydroxyl groups is 1. The van der Waals surface area contributed by atoms with E-state index in [4.69, 9.17) is 5.11 Å². The maximum Gasteiger partial charge on any atom is 0.303 e. The van der Waals surface area contributed by atoms with Crippen molar-refractivity contribution in [1.82, 2.24) is 4.90 Å². The highest BCUT2D eigenvalue weighted by Gasteiger charge is 2.31. The first kappa shape index (κ1) is 21.3. The Morgan fingerprint density at radius 3 is 2.67 bits per heavy atom. The molecule has 1 rings (SSSR count). The summed E-state index contributed by atoms with van der Waals surface area (Å²) in [5, 5.41) is 18.9. The number of hydrogen-bond donors (Lipinski definition) is 2. The molecule has 1 aliphatic rings. The number of thioether (sulfide) groups is 1. The van der Waals surface area contributed by atoms with E-state index in [2.05, 4.69) is 6.92 Å². The van der Waals surface area contributed by atoms with E-state index in [0.717, 1.165) is 51.5 Å². The molecule has 1 fully saturated rings. The second kappa shape index (κ2) is 12.6. The van der Waals surface area contributed by atoms with Crippen molar-refractivity contribution in [3.05, 3.63) is 0 Å². The number of carboxylic acids is 1. The van der Waals surface area contributed by atoms with Gasteiger partial charge in [0.05, 0.1) is 17.2 Å². The number of carbonyl (C=O) groups excluding carboxylic acids is 1. The van der Waals surface area contributed by atoms with E-state index in [0.29, 0.717) is 12.2 Å². The van der Waals surface area contributed by atoms with Crippen LogP contribution in [-0.4, -0.2) is 50.8 Å². The Labute approximate surface area is 150 Å². The lowest BCUT2D eigenvalue weighted by Gasteiger charge is -2.24. The highest BCUT2D eigenvalue weighted by Crippen LogP contribution is 2.29. The molecular formula is C18H33NO4S. The van der Waals surface area contributed by atoms with Crippen LogP contribution in [0.25, 0.3) is 0 Å². The van der Waals surface area contributed by atoms with Crippen LogP contribution in [0.4, 0.5) is 0 Å². The number of amides is 1. The zero-order valence-electron chi connectivity index (χ0n) is 14.9. The predicted octanol–water partition coefficient (Wildman–Crippen LogP) is 3.64. The summed E-state index contributed by atoms with van der Waals surface area (Å²) in [6.45, 7) is 2.92. The van der Waals surface area contributed by atoms with Crippen LogP contribution < -0.4 is 0 Å². The number of nitrogens with zero attached hydrogens (tertiary/aromatic N) is 1. The van der Waals surface area contributed by atoms with Crippen LogP contribution in [-0.2, 0) is 9.59 Å². The Kier molecular flexibility index (Phi) is 11.2. The van der Waals surface area contributed by atoms with Gasteiger partial charge in [0.25, 0.3) is 0 Å². The first-order valence-corrected chi connectivity index (χ1v) is 10.4. The Balaban J connectivity index is 2.19. The highest BCUT2D eigenvalue weighted by atomic mass is 32.2. The van der Waals surface area contributed by atoms with Crippen molar-refractivity contribution in [3.63, 3.8) is 0 Å². The molecule has 140 valence electrons. The Morgan fingerprint density at radius 1 is 1.21 bits per heavy atom. The fraction of sp³-hybridized carbons (Fsp3) is 0.889. The quantitative estimate of drug-likeness (QED) is 0.463. The molecule has 0 unspecified atom stereocenters. The van der Waals surface area contributed by atoms with E-state index < -0.39 is 5.97 Å². The standard InChI is InChI=1S/C18H33NO4S/c1-2-3-6-9-15(20)11-12-17-19(16(21)14-24-17)13-8-5-4-7-10-18(22)23/h15,17,20H,2-14H2,1H3,(H,22,23)/t15-,17-/m1/s1. The van der Waals surface area contributed by atoms with Crippen molar-refractivity contribution >= 4 is 23.6 Å². The smallest absolute Gasteiger partial charge is 0.303 e. The summed E-state index contributed by atoms with van der Waals surface area (Å²) in [6.07, 6.45) is 9.41. The molecule has 0 aromatic rings. The molecule has 6 heteroatoms. The van der Waals surface area contributed by atoms with Gasteiger partial charge in [-0.1, -0.05) is 39.0 Å². The van der Waals surface area contributed by atoms with E-state index in [1.807, 2.05) is 4.90 Å². The van der Waals surface area contributed by atoms with Gasteiger partial charge in [-0.2, -0.15) is 0 Å². The molecule has 1 aliphatic heterocycles.